The lowest BCUT2D eigenvalue weighted by molar-refractivity contribution is -0.115. The van der Waals surface area contributed by atoms with Crippen molar-refractivity contribution in [3.63, 3.8) is 0 Å². The Bertz CT molecular complexity index is 804. The van der Waals surface area contributed by atoms with E-state index in [4.69, 9.17) is 4.42 Å². The number of hydrogen-bond acceptors (Lipinski definition) is 4. The normalized spacial score (nSPS) is 12.3. The Labute approximate surface area is 139 Å². The number of carbonyl (C=O) groups excluding carboxylic acids is 1. The molecule has 118 valence electrons. The van der Waals surface area contributed by atoms with Gasteiger partial charge in [-0.25, -0.2) is 4.98 Å². The van der Waals surface area contributed by atoms with E-state index in [0.29, 0.717) is 5.22 Å². The van der Waals surface area contributed by atoms with Crippen LogP contribution in [0.2, 0.25) is 0 Å². The highest BCUT2D eigenvalue weighted by atomic mass is 32.2. The summed E-state index contributed by atoms with van der Waals surface area (Å²) >= 11 is 1.32. The number of benzene rings is 2. The number of oxazole rings is 1. The molecule has 3 rings (SSSR count). The molecular formula is C18H18N2O2S. The molecule has 1 atom stereocenters. The fourth-order valence-electron chi connectivity index (χ4n) is 2.40. The van der Waals surface area contributed by atoms with Crippen molar-refractivity contribution in [2.24, 2.45) is 0 Å². The molecule has 0 aliphatic rings. The van der Waals surface area contributed by atoms with Crippen LogP contribution in [0.25, 0.3) is 11.1 Å². The Morgan fingerprint density at radius 3 is 2.57 bits per heavy atom. The molecule has 3 aromatic rings. The molecule has 0 fully saturated rings. The number of thioether (sulfide) groups is 1. The number of hydrogen-bond donors (Lipinski definition) is 1. The van der Waals surface area contributed by atoms with Crippen LogP contribution in [0.5, 0.6) is 0 Å². The number of anilines is 1. The molecule has 0 saturated heterocycles. The maximum Gasteiger partial charge on any atom is 0.257 e. The summed E-state index contributed by atoms with van der Waals surface area (Å²) in [5.74, 6) is -0.0674. The van der Waals surface area contributed by atoms with Gasteiger partial charge in [-0.3, -0.25) is 4.79 Å². The van der Waals surface area contributed by atoms with E-state index in [1.807, 2.05) is 57.2 Å². The minimum absolute atomic E-state index is 0.0674. The van der Waals surface area contributed by atoms with E-state index in [1.165, 1.54) is 11.8 Å². The molecular weight excluding hydrogens is 308 g/mol. The number of para-hydroxylation sites is 2. The van der Waals surface area contributed by atoms with Crippen LogP contribution in [-0.2, 0) is 4.79 Å². The number of fused-ring (bicyclic) bond motifs is 1. The van der Waals surface area contributed by atoms with Gasteiger partial charge in [0.2, 0.25) is 5.91 Å². The van der Waals surface area contributed by atoms with Crippen molar-refractivity contribution in [2.45, 2.75) is 31.2 Å². The Hall–Kier alpha value is -2.27. The van der Waals surface area contributed by atoms with E-state index < -0.39 is 0 Å². The van der Waals surface area contributed by atoms with E-state index in [-0.39, 0.29) is 11.2 Å². The Morgan fingerprint density at radius 2 is 1.87 bits per heavy atom. The fourth-order valence-corrected chi connectivity index (χ4v) is 3.15. The number of aryl methyl sites for hydroxylation is 2. The molecule has 5 heteroatoms. The van der Waals surface area contributed by atoms with Gasteiger partial charge in [0, 0.05) is 5.69 Å². The summed E-state index contributed by atoms with van der Waals surface area (Å²) in [5, 5.41) is 3.15. The van der Waals surface area contributed by atoms with Gasteiger partial charge >= 0.3 is 0 Å². The predicted octanol–water partition coefficient (Wildman–Crippen LogP) is 4.56. The van der Waals surface area contributed by atoms with E-state index in [2.05, 4.69) is 16.4 Å². The van der Waals surface area contributed by atoms with Crippen molar-refractivity contribution in [2.75, 3.05) is 5.32 Å². The zero-order valence-corrected chi connectivity index (χ0v) is 14.1. The zero-order chi connectivity index (χ0) is 16.4. The third-order valence-corrected chi connectivity index (χ3v) is 4.35. The number of rotatable bonds is 4. The van der Waals surface area contributed by atoms with E-state index in [9.17, 15) is 4.79 Å². The smallest absolute Gasteiger partial charge is 0.257 e. The van der Waals surface area contributed by atoms with Gasteiger partial charge in [-0.2, -0.15) is 0 Å². The van der Waals surface area contributed by atoms with Gasteiger partial charge in [-0.05, 0) is 56.2 Å². The monoisotopic (exact) mass is 326 g/mol. The lowest BCUT2D eigenvalue weighted by Crippen LogP contribution is -2.22. The number of aromatic nitrogens is 1. The molecule has 0 saturated carbocycles. The molecule has 0 aliphatic heterocycles. The summed E-state index contributed by atoms with van der Waals surface area (Å²) in [5.41, 5.74) is 4.60. The maximum atomic E-state index is 12.4. The van der Waals surface area contributed by atoms with Gasteiger partial charge in [0.1, 0.15) is 5.52 Å². The van der Waals surface area contributed by atoms with Crippen LogP contribution in [0, 0.1) is 13.8 Å². The summed E-state index contributed by atoms with van der Waals surface area (Å²) in [6.45, 7) is 5.87. The largest absolute Gasteiger partial charge is 0.431 e. The second kappa shape index (κ2) is 6.46. The predicted molar refractivity (Wildman–Crippen MR) is 93.9 cm³/mol. The first-order valence-corrected chi connectivity index (χ1v) is 8.30. The number of nitrogens with zero attached hydrogens (tertiary/aromatic N) is 1. The summed E-state index contributed by atoms with van der Waals surface area (Å²) in [6.07, 6.45) is 0. The molecule has 0 bridgehead atoms. The van der Waals surface area contributed by atoms with Crippen molar-refractivity contribution in [3.05, 3.63) is 53.6 Å². The van der Waals surface area contributed by atoms with E-state index in [0.717, 1.165) is 27.9 Å². The SMILES string of the molecule is Cc1cc(C)cc(NC(=O)C(C)Sc2nc3ccccc3o2)c1. The van der Waals surface area contributed by atoms with Crippen LogP contribution in [0.4, 0.5) is 5.69 Å². The number of carbonyl (C=O) groups is 1. The van der Waals surface area contributed by atoms with Crippen LogP contribution in [0.1, 0.15) is 18.1 Å². The van der Waals surface area contributed by atoms with Crippen LogP contribution < -0.4 is 5.32 Å². The van der Waals surface area contributed by atoms with Crippen LogP contribution >= 0.6 is 11.8 Å². The summed E-state index contributed by atoms with van der Waals surface area (Å²) in [4.78, 5) is 16.7. The highest BCUT2D eigenvalue weighted by Gasteiger charge is 2.18. The first kappa shape index (κ1) is 15.6. The summed E-state index contributed by atoms with van der Waals surface area (Å²) in [6, 6.07) is 13.6. The summed E-state index contributed by atoms with van der Waals surface area (Å²) in [7, 11) is 0. The molecule has 1 heterocycles. The molecule has 23 heavy (non-hydrogen) atoms. The fraction of sp³-hybridized carbons (Fsp3) is 0.222. The number of amides is 1. The quantitative estimate of drug-likeness (QED) is 0.714. The van der Waals surface area contributed by atoms with Gasteiger partial charge < -0.3 is 9.73 Å². The maximum absolute atomic E-state index is 12.4. The van der Waals surface area contributed by atoms with Crippen LogP contribution in [0.15, 0.2) is 52.1 Å². The second-order valence-electron chi connectivity index (χ2n) is 5.57. The molecule has 0 radical (unpaired) electrons. The molecule has 0 aliphatic carbocycles. The van der Waals surface area contributed by atoms with Gasteiger partial charge in [0.05, 0.1) is 5.25 Å². The molecule has 1 unspecified atom stereocenters. The lowest BCUT2D eigenvalue weighted by Gasteiger charge is -2.11. The first-order valence-electron chi connectivity index (χ1n) is 7.42. The van der Waals surface area contributed by atoms with Crippen molar-refractivity contribution in [1.82, 2.24) is 4.98 Å². The van der Waals surface area contributed by atoms with Crippen molar-refractivity contribution in [3.8, 4) is 0 Å². The summed E-state index contributed by atoms with van der Waals surface area (Å²) < 4.78 is 5.65. The first-order chi connectivity index (χ1) is 11.0. The highest BCUT2D eigenvalue weighted by molar-refractivity contribution is 8.00. The van der Waals surface area contributed by atoms with E-state index >= 15 is 0 Å². The molecule has 2 aromatic carbocycles. The average molecular weight is 326 g/mol. The Balaban J connectivity index is 1.69. The van der Waals surface area contributed by atoms with Crippen molar-refractivity contribution in [1.29, 1.82) is 0 Å². The number of nitrogens with one attached hydrogen (secondary N) is 1. The van der Waals surface area contributed by atoms with Crippen molar-refractivity contribution >= 4 is 34.5 Å². The molecule has 0 spiro atoms. The molecule has 1 aromatic heterocycles. The standard InChI is InChI=1S/C18H18N2O2S/c1-11-8-12(2)10-14(9-11)19-17(21)13(3)23-18-20-15-6-4-5-7-16(15)22-18/h4-10,13H,1-3H3,(H,19,21). The van der Waals surface area contributed by atoms with Gasteiger partial charge in [0.25, 0.3) is 5.22 Å². The van der Waals surface area contributed by atoms with Crippen LogP contribution in [0.3, 0.4) is 0 Å². The molecule has 1 amide bonds. The molecule has 4 nitrogen and oxygen atoms in total. The Kier molecular flexibility index (Phi) is 4.39. The minimum Gasteiger partial charge on any atom is -0.431 e. The lowest BCUT2D eigenvalue weighted by atomic mass is 10.1. The third kappa shape index (κ3) is 3.74. The highest BCUT2D eigenvalue weighted by Crippen LogP contribution is 2.27. The second-order valence-corrected chi connectivity index (χ2v) is 6.87. The average Bonchev–Trinajstić information content (AvgIpc) is 2.88. The van der Waals surface area contributed by atoms with Gasteiger partial charge in [-0.15, -0.1) is 0 Å². The van der Waals surface area contributed by atoms with Crippen LogP contribution in [-0.4, -0.2) is 16.1 Å². The minimum atomic E-state index is -0.302. The third-order valence-electron chi connectivity index (χ3n) is 3.41. The van der Waals surface area contributed by atoms with Gasteiger partial charge in [-0.1, -0.05) is 30.0 Å². The Morgan fingerprint density at radius 1 is 1.17 bits per heavy atom. The topological polar surface area (TPSA) is 55.1 Å². The van der Waals surface area contributed by atoms with Gasteiger partial charge in [0.15, 0.2) is 5.58 Å². The van der Waals surface area contributed by atoms with E-state index in [1.54, 1.807) is 0 Å². The van der Waals surface area contributed by atoms with Crippen molar-refractivity contribution < 1.29 is 9.21 Å². The molecule has 1 N–H and O–H groups in total. The zero-order valence-electron chi connectivity index (χ0n) is 13.3.